The average molecular weight is 475 g/mol. The van der Waals surface area contributed by atoms with Gasteiger partial charge in [-0.15, -0.1) is 0 Å². The molecule has 0 radical (unpaired) electrons. The van der Waals surface area contributed by atoms with Gasteiger partial charge in [0.2, 0.25) is 0 Å². The summed E-state index contributed by atoms with van der Waals surface area (Å²) in [5.74, 6) is 1.50. The molecule has 1 atom stereocenters. The van der Waals surface area contributed by atoms with E-state index < -0.39 is 8.60 Å². The summed E-state index contributed by atoms with van der Waals surface area (Å²) in [6.07, 6.45) is 13.6. The highest BCUT2D eigenvalue weighted by atomic mass is 31.2. The maximum absolute atomic E-state index is 6.24. The Labute approximate surface area is 203 Å². The lowest BCUT2D eigenvalue weighted by Crippen LogP contribution is -2.15. The summed E-state index contributed by atoms with van der Waals surface area (Å²) >= 11 is 0. The molecule has 2 aromatic carbocycles. The molecule has 2 rings (SSSR count). The van der Waals surface area contributed by atoms with Gasteiger partial charge in [-0.1, -0.05) is 95.2 Å². The third-order valence-corrected chi connectivity index (χ3v) is 6.56. The fourth-order valence-corrected chi connectivity index (χ4v) is 4.54. The number of hydrogen-bond donors (Lipinski definition) is 0. The van der Waals surface area contributed by atoms with E-state index in [2.05, 4.69) is 13.8 Å². The van der Waals surface area contributed by atoms with Gasteiger partial charge in [-0.3, -0.25) is 4.52 Å². The fraction of sp³-hybridized carbons (Fsp3) is 0.571. The number of para-hydroxylation sites is 2. The molecule has 0 aromatic heterocycles. The predicted molar refractivity (Wildman–Crippen MR) is 139 cm³/mol. The molecule has 0 bridgehead atoms. The SMILES string of the molecule is CCCCCCCCOC(CCCC)CCCOP(Oc1ccccc1)Oc1ccccc1. The van der Waals surface area contributed by atoms with Gasteiger partial charge in [0.15, 0.2) is 0 Å². The maximum atomic E-state index is 6.24. The molecule has 0 saturated heterocycles. The van der Waals surface area contributed by atoms with Gasteiger partial charge in [-0.25, -0.2) is 0 Å². The molecule has 0 N–H and O–H groups in total. The molecule has 0 amide bonds. The molecule has 184 valence electrons. The zero-order valence-corrected chi connectivity index (χ0v) is 21.5. The van der Waals surface area contributed by atoms with Gasteiger partial charge in [0.1, 0.15) is 11.5 Å². The van der Waals surface area contributed by atoms with Gasteiger partial charge >= 0.3 is 8.60 Å². The number of hydrogen-bond acceptors (Lipinski definition) is 4. The quantitative estimate of drug-likeness (QED) is 0.142. The molecular formula is C28H43O4P. The van der Waals surface area contributed by atoms with Gasteiger partial charge in [-0.2, -0.15) is 0 Å². The van der Waals surface area contributed by atoms with Crippen molar-refractivity contribution in [3.05, 3.63) is 60.7 Å². The van der Waals surface area contributed by atoms with Crippen LogP contribution in [-0.2, 0) is 9.26 Å². The number of rotatable bonds is 20. The summed E-state index contributed by atoms with van der Waals surface area (Å²) < 4.78 is 24.3. The Hall–Kier alpha value is -1.61. The van der Waals surface area contributed by atoms with Gasteiger partial charge in [0.25, 0.3) is 0 Å². The number of ether oxygens (including phenoxy) is 1. The summed E-state index contributed by atoms with van der Waals surface area (Å²) in [7, 11) is -1.52. The molecule has 1 unspecified atom stereocenters. The molecule has 4 nitrogen and oxygen atoms in total. The van der Waals surface area contributed by atoms with Crippen LogP contribution in [0.3, 0.4) is 0 Å². The van der Waals surface area contributed by atoms with Gasteiger partial charge in [-0.05, 0) is 49.9 Å². The van der Waals surface area contributed by atoms with E-state index >= 15 is 0 Å². The summed E-state index contributed by atoms with van der Waals surface area (Å²) in [5.41, 5.74) is 0. The van der Waals surface area contributed by atoms with Crippen LogP contribution in [0.2, 0.25) is 0 Å². The largest absolute Gasteiger partial charge is 0.463 e. The monoisotopic (exact) mass is 474 g/mol. The molecule has 0 spiro atoms. The third kappa shape index (κ3) is 13.6. The first-order chi connectivity index (χ1) is 16.3. The van der Waals surface area contributed by atoms with Crippen LogP contribution in [0.5, 0.6) is 11.5 Å². The van der Waals surface area contributed by atoms with Crippen LogP contribution >= 0.6 is 8.60 Å². The third-order valence-electron chi connectivity index (χ3n) is 5.44. The van der Waals surface area contributed by atoms with Crippen LogP contribution in [0.4, 0.5) is 0 Å². The van der Waals surface area contributed by atoms with Crippen molar-refractivity contribution < 1.29 is 18.3 Å². The highest BCUT2D eigenvalue weighted by Gasteiger charge is 2.18. The van der Waals surface area contributed by atoms with Crippen molar-refractivity contribution in [3.8, 4) is 11.5 Å². The van der Waals surface area contributed by atoms with Crippen molar-refractivity contribution in [1.82, 2.24) is 0 Å². The van der Waals surface area contributed by atoms with Crippen molar-refractivity contribution in [2.45, 2.75) is 90.6 Å². The minimum atomic E-state index is -1.52. The zero-order chi connectivity index (χ0) is 23.4. The van der Waals surface area contributed by atoms with Crippen LogP contribution in [0.15, 0.2) is 60.7 Å². The predicted octanol–water partition coefficient (Wildman–Crippen LogP) is 9.10. The lowest BCUT2D eigenvalue weighted by atomic mass is 10.1. The van der Waals surface area contributed by atoms with Crippen LogP contribution in [0, 0.1) is 0 Å². The zero-order valence-electron chi connectivity index (χ0n) is 20.6. The van der Waals surface area contributed by atoms with E-state index in [9.17, 15) is 0 Å². The Balaban J connectivity index is 1.74. The normalized spacial score (nSPS) is 12.1. The highest BCUT2D eigenvalue weighted by molar-refractivity contribution is 7.42. The van der Waals surface area contributed by atoms with Crippen LogP contribution in [0.25, 0.3) is 0 Å². The van der Waals surface area contributed by atoms with Crippen LogP contribution < -0.4 is 9.05 Å². The van der Waals surface area contributed by atoms with Crippen molar-refractivity contribution in [2.75, 3.05) is 13.2 Å². The van der Waals surface area contributed by atoms with Gasteiger partial charge < -0.3 is 13.8 Å². The summed E-state index contributed by atoms with van der Waals surface area (Å²) in [6, 6.07) is 19.4. The summed E-state index contributed by atoms with van der Waals surface area (Å²) in [4.78, 5) is 0. The minimum Gasteiger partial charge on any atom is -0.418 e. The second-order valence-corrected chi connectivity index (χ2v) is 9.48. The lowest BCUT2D eigenvalue weighted by molar-refractivity contribution is 0.0338. The molecule has 0 aliphatic carbocycles. The van der Waals surface area contributed by atoms with E-state index in [0.29, 0.717) is 12.7 Å². The summed E-state index contributed by atoms with van der Waals surface area (Å²) in [6.45, 7) is 5.97. The van der Waals surface area contributed by atoms with E-state index in [1.807, 2.05) is 60.7 Å². The van der Waals surface area contributed by atoms with E-state index in [1.165, 1.54) is 51.4 Å². The Morgan fingerprint density at radius 1 is 0.606 bits per heavy atom. The van der Waals surface area contributed by atoms with Crippen LogP contribution in [-0.4, -0.2) is 19.3 Å². The van der Waals surface area contributed by atoms with Crippen molar-refractivity contribution in [1.29, 1.82) is 0 Å². The molecule has 33 heavy (non-hydrogen) atoms. The second kappa shape index (κ2) is 18.8. The van der Waals surface area contributed by atoms with Gasteiger partial charge in [0, 0.05) is 6.61 Å². The lowest BCUT2D eigenvalue weighted by Gasteiger charge is -2.20. The molecule has 5 heteroatoms. The molecular weight excluding hydrogens is 431 g/mol. The van der Waals surface area contributed by atoms with E-state index in [4.69, 9.17) is 18.3 Å². The number of benzene rings is 2. The second-order valence-electron chi connectivity index (χ2n) is 8.41. The number of unbranched alkanes of at least 4 members (excludes halogenated alkanes) is 6. The van der Waals surface area contributed by atoms with Gasteiger partial charge in [0.05, 0.1) is 12.7 Å². The smallest absolute Gasteiger partial charge is 0.418 e. The first-order valence-electron chi connectivity index (χ1n) is 12.8. The first-order valence-corrected chi connectivity index (χ1v) is 13.9. The maximum Gasteiger partial charge on any atom is 0.463 e. The Morgan fingerprint density at radius 2 is 1.15 bits per heavy atom. The molecule has 0 saturated carbocycles. The molecule has 2 aromatic rings. The van der Waals surface area contributed by atoms with E-state index in [1.54, 1.807) is 0 Å². The highest BCUT2D eigenvalue weighted by Crippen LogP contribution is 2.41. The Kier molecular flexibility index (Phi) is 15.7. The molecule has 0 aliphatic rings. The van der Waals surface area contributed by atoms with Crippen LogP contribution in [0.1, 0.15) is 84.5 Å². The molecule has 0 heterocycles. The van der Waals surface area contributed by atoms with Crippen molar-refractivity contribution in [2.24, 2.45) is 0 Å². The Bertz CT molecular complexity index is 641. The first kappa shape index (κ1) is 27.6. The minimum absolute atomic E-state index is 0.320. The van der Waals surface area contributed by atoms with E-state index in [0.717, 1.165) is 37.4 Å². The van der Waals surface area contributed by atoms with E-state index in [-0.39, 0.29) is 0 Å². The molecule has 0 aliphatic heterocycles. The Morgan fingerprint density at radius 3 is 1.76 bits per heavy atom. The fourth-order valence-electron chi connectivity index (χ4n) is 3.53. The standard InChI is InChI=1S/C28H43O4P/c1-3-5-7-8-9-16-24-29-26(18-6-4-2)23-17-25-30-33(31-27-19-12-10-13-20-27)32-28-21-14-11-15-22-28/h10-15,19-22,26H,3-9,16-18,23-25H2,1-2H3. The van der Waals surface area contributed by atoms with Crippen molar-refractivity contribution >= 4 is 8.60 Å². The molecule has 0 fully saturated rings. The van der Waals surface area contributed by atoms with Crippen molar-refractivity contribution in [3.63, 3.8) is 0 Å². The average Bonchev–Trinajstić information content (AvgIpc) is 2.85. The summed E-state index contributed by atoms with van der Waals surface area (Å²) in [5, 5.41) is 0. The topological polar surface area (TPSA) is 36.9 Å².